The number of benzene rings is 1. The van der Waals surface area contributed by atoms with Crippen LogP contribution in [0.4, 0.5) is 4.53 Å². The van der Waals surface area contributed by atoms with Gasteiger partial charge in [0.1, 0.15) is 0 Å². The fourth-order valence-corrected chi connectivity index (χ4v) is 1.40. The molecule has 0 radical (unpaired) electrons. The average molecular weight is 240 g/mol. The molecule has 0 aliphatic rings. The molecule has 0 saturated heterocycles. The Bertz CT molecular complexity index is 311. The van der Waals surface area contributed by atoms with E-state index in [2.05, 4.69) is 11.5 Å². The fourth-order valence-electron chi connectivity index (χ4n) is 1.40. The summed E-state index contributed by atoms with van der Waals surface area (Å²) in [7, 11) is 0. The maximum absolute atomic E-state index is 11.8. The summed E-state index contributed by atoms with van der Waals surface area (Å²) in [5.41, 5.74) is 1.16. The summed E-state index contributed by atoms with van der Waals surface area (Å²) in [5, 5.41) is 0. The number of halogens is 1. The molecule has 4 heteroatoms. The van der Waals surface area contributed by atoms with Gasteiger partial charge in [0, 0.05) is 4.53 Å². The van der Waals surface area contributed by atoms with Crippen LogP contribution in [0.1, 0.15) is 18.4 Å². The zero-order chi connectivity index (χ0) is 12.3. The SMILES string of the molecule is C=COCOCCCCc1ccc(OF)cc1. The van der Waals surface area contributed by atoms with Crippen LogP contribution in [0.5, 0.6) is 5.75 Å². The quantitative estimate of drug-likeness (QED) is 0.376. The molecule has 0 spiro atoms. The molecule has 1 aromatic rings. The van der Waals surface area contributed by atoms with Crippen molar-refractivity contribution in [1.29, 1.82) is 0 Å². The van der Waals surface area contributed by atoms with Crippen LogP contribution in [-0.4, -0.2) is 13.4 Å². The lowest BCUT2D eigenvalue weighted by atomic mass is 10.1. The third kappa shape index (κ3) is 5.92. The largest absolute Gasteiger partial charge is 0.476 e. The molecule has 0 fully saturated rings. The number of hydrogen-bond donors (Lipinski definition) is 0. The second kappa shape index (κ2) is 8.58. The van der Waals surface area contributed by atoms with Crippen LogP contribution < -0.4 is 4.94 Å². The van der Waals surface area contributed by atoms with Crippen molar-refractivity contribution < 1.29 is 18.9 Å². The molecular formula is C13H17FO3. The summed E-state index contributed by atoms with van der Waals surface area (Å²) in [5.74, 6) is 0.235. The van der Waals surface area contributed by atoms with Crippen molar-refractivity contribution in [2.24, 2.45) is 0 Å². The van der Waals surface area contributed by atoms with Crippen molar-refractivity contribution in [3.63, 3.8) is 0 Å². The summed E-state index contributed by atoms with van der Waals surface area (Å²) in [4.78, 5) is 3.61. The summed E-state index contributed by atoms with van der Waals surface area (Å²) in [6.45, 7) is 4.33. The van der Waals surface area contributed by atoms with E-state index >= 15 is 0 Å². The van der Waals surface area contributed by atoms with Gasteiger partial charge in [-0.1, -0.05) is 18.7 Å². The van der Waals surface area contributed by atoms with Crippen LogP contribution >= 0.6 is 0 Å². The maximum atomic E-state index is 11.8. The molecule has 0 aromatic heterocycles. The molecule has 17 heavy (non-hydrogen) atoms. The molecule has 1 aromatic carbocycles. The zero-order valence-electron chi connectivity index (χ0n) is 9.73. The van der Waals surface area contributed by atoms with Gasteiger partial charge < -0.3 is 9.47 Å². The molecule has 0 amide bonds. The van der Waals surface area contributed by atoms with Crippen LogP contribution in [0.2, 0.25) is 0 Å². The van der Waals surface area contributed by atoms with Gasteiger partial charge in [-0.05, 0) is 37.0 Å². The molecule has 0 atom stereocenters. The molecule has 0 heterocycles. The third-order valence-electron chi connectivity index (χ3n) is 2.29. The van der Waals surface area contributed by atoms with E-state index in [0.29, 0.717) is 6.61 Å². The molecule has 0 bridgehead atoms. The topological polar surface area (TPSA) is 27.7 Å². The minimum atomic E-state index is 0.235. The smallest absolute Gasteiger partial charge is 0.188 e. The van der Waals surface area contributed by atoms with Gasteiger partial charge in [-0.15, -0.1) is 0 Å². The predicted molar refractivity (Wildman–Crippen MR) is 63.2 cm³/mol. The Balaban J connectivity index is 2.07. The van der Waals surface area contributed by atoms with E-state index in [9.17, 15) is 4.53 Å². The van der Waals surface area contributed by atoms with Crippen molar-refractivity contribution in [3.05, 3.63) is 42.7 Å². The molecule has 1 rings (SSSR count). The lowest BCUT2D eigenvalue weighted by Gasteiger charge is -2.04. The van der Waals surface area contributed by atoms with Crippen molar-refractivity contribution in [2.75, 3.05) is 13.4 Å². The van der Waals surface area contributed by atoms with E-state index < -0.39 is 0 Å². The van der Waals surface area contributed by atoms with Gasteiger partial charge in [0.05, 0.1) is 12.9 Å². The summed E-state index contributed by atoms with van der Waals surface area (Å²) >= 11 is 0. The summed E-state index contributed by atoms with van der Waals surface area (Å²) < 4.78 is 21.8. The first kappa shape index (κ1) is 13.5. The number of ether oxygens (including phenoxy) is 2. The Morgan fingerprint density at radius 2 is 1.94 bits per heavy atom. The molecule has 0 aliphatic carbocycles. The van der Waals surface area contributed by atoms with Crippen LogP contribution in [0.15, 0.2) is 37.1 Å². The Kier molecular flexibility index (Phi) is 6.82. The fraction of sp³-hybridized carbons (Fsp3) is 0.385. The minimum absolute atomic E-state index is 0.235. The molecular weight excluding hydrogens is 223 g/mol. The van der Waals surface area contributed by atoms with E-state index in [1.54, 1.807) is 12.1 Å². The highest BCUT2D eigenvalue weighted by Gasteiger charge is 1.96. The van der Waals surface area contributed by atoms with Crippen LogP contribution in [0, 0.1) is 0 Å². The Morgan fingerprint density at radius 3 is 2.59 bits per heavy atom. The van der Waals surface area contributed by atoms with E-state index in [1.807, 2.05) is 12.1 Å². The van der Waals surface area contributed by atoms with Crippen LogP contribution in [0.3, 0.4) is 0 Å². The molecule has 0 saturated carbocycles. The van der Waals surface area contributed by atoms with Gasteiger partial charge in [-0.2, -0.15) is 0 Å². The highest BCUT2D eigenvalue weighted by molar-refractivity contribution is 5.26. The van der Waals surface area contributed by atoms with Crippen LogP contribution in [-0.2, 0) is 15.9 Å². The van der Waals surface area contributed by atoms with Gasteiger partial charge in [-0.25, -0.2) is 0 Å². The average Bonchev–Trinajstić information content (AvgIpc) is 2.38. The van der Waals surface area contributed by atoms with Gasteiger partial charge >= 0.3 is 0 Å². The van der Waals surface area contributed by atoms with E-state index in [-0.39, 0.29) is 12.5 Å². The Hall–Kier alpha value is -1.55. The van der Waals surface area contributed by atoms with Crippen LogP contribution in [0.25, 0.3) is 0 Å². The van der Waals surface area contributed by atoms with Crippen molar-refractivity contribution >= 4 is 0 Å². The Labute approximate surface area is 101 Å². The number of aryl methyl sites for hydroxylation is 1. The standard InChI is InChI=1S/C13H17FO3/c1-2-15-11-16-10-4-3-5-12-6-8-13(17-14)9-7-12/h2,6-9H,1,3-5,10-11H2. The lowest BCUT2D eigenvalue weighted by Crippen LogP contribution is -1.98. The Morgan fingerprint density at radius 1 is 1.18 bits per heavy atom. The summed E-state index contributed by atoms with van der Waals surface area (Å²) in [6.07, 6.45) is 4.28. The molecule has 0 unspecified atom stereocenters. The number of hydrogen-bond acceptors (Lipinski definition) is 3. The molecule has 0 aliphatic heterocycles. The molecule has 0 N–H and O–H groups in total. The highest BCUT2D eigenvalue weighted by Crippen LogP contribution is 2.13. The minimum Gasteiger partial charge on any atom is -0.476 e. The first-order valence-corrected chi connectivity index (χ1v) is 5.54. The van der Waals surface area contributed by atoms with E-state index in [1.165, 1.54) is 6.26 Å². The van der Waals surface area contributed by atoms with Crippen molar-refractivity contribution in [3.8, 4) is 5.75 Å². The van der Waals surface area contributed by atoms with Gasteiger partial charge in [-0.3, -0.25) is 4.94 Å². The predicted octanol–water partition coefficient (Wildman–Crippen LogP) is 3.41. The normalized spacial score (nSPS) is 9.94. The first-order chi connectivity index (χ1) is 8.36. The summed E-state index contributed by atoms with van der Waals surface area (Å²) in [6, 6.07) is 6.95. The monoisotopic (exact) mass is 240 g/mol. The number of rotatable bonds is 9. The van der Waals surface area contributed by atoms with Crippen molar-refractivity contribution in [1.82, 2.24) is 0 Å². The van der Waals surface area contributed by atoms with Gasteiger partial charge in [0.2, 0.25) is 0 Å². The molecule has 94 valence electrons. The molecule has 3 nitrogen and oxygen atoms in total. The second-order valence-corrected chi connectivity index (χ2v) is 3.54. The van der Waals surface area contributed by atoms with Crippen molar-refractivity contribution in [2.45, 2.75) is 19.3 Å². The van der Waals surface area contributed by atoms with E-state index in [0.717, 1.165) is 24.8 Å². The maximum Gasteiger partial charge on any atom is 0.188 e. The lowest BCUT2D eigenvalue weighted by molar-refractivity contribution is -0.0121. The zero-order valence-corrected chi connectivity index (χ0v) is 9.73. The highest BCUT2D eigenvalue weighted by atomic mass is 19.3. The first-order valence-electron chi connectivity index (χ1n) is 5.54. The van der Waals surface area contributed by atoms with E-state index in [4.69, 9.17) is 9.47 Å². The second-order valence-electron chi connectivity index (χ2n) is 3.54. The van der Waals surface area contributed by atoms with Gasteiger partial charge in [0.25, 0.3) is 0 Å². The number of unbranched alkanes of at least 4 members (excludes halogenated alkanes) is 1. The van der Waals surface area contributed by atoms with Gasteiger partial charge in [0.15, 0.2) is 12.5 Å². The third-order valence-corrected chi connectivity index (χ3v) is 2.29.